The van der Waals surface area contributed by atoms with Gasteiger partial charge in [0.05, 0.1) is 6.61 Å². The summed E-state index contributed by atoms with van der Waals surface area (Å²) in [6, 6.07) is 1.76. The van der Waals surface area contributed by atoms with Crippen molar-refractivity contribution in [3.63, 3.8) is 0 Å². The van der Waals surface area contributed by atoms with Crippen LogP contribution in [-0.2, 0) is 4.74 Å². The predicted octanol–water partition coefficient (Wildman–Crippen LogP) is 2.13. The van der Waals surface area contributed by atoms with Crippen LogP contribution in [0.5, 0.6) is 0 Å². The van der Waals surface area contributed by atoms with Gasteiger partial charge in [-0.05, 0) is 12.8 Å². The van der Waals surface area contributed by atoms with Gasteiger partial charge >= 0.3 is 0 Å². The van der Waals surface area contributed by atoms with Crippen LogP contribution >= 0.6 is 11.8 Å². The molecule has 0 bridgehead atoms. The molecule has 1 rings (SSSR count). The maximum Gasteiger partial charge on any atom is 0.189 e. The standard InChI is InChI=1S/C11H19N3OS/c1-8(2)7-15-4-5-16-11-13-9(3)6-10(12)14-11/h6,8H,4-5,7H2,1-3H3,(H2,12,13,14). The average molecular weight is 241 g/mol. The number of anilines is 1. The van der Waals surface area contributed by atoms with Crippen LogP contribution in [0.1, 0.15) is 19.5 Å². The van der Waals surface area contributed by atoms with Gasteiger partial charge in [-0.25, -0.2) is 9.97 Å². The molecule has 0 aromatic carbocycles. The monoisotopic (exact) mass is 241 g/mol. The zero-order valence-corrected chi connectivity index (χ0v) is 10.9. The number of nitrogens with two attached hydrogens (primary N) is 1. The lowest BCUT2D eigenvalue weighted by molar-refractivity contribution is 0.124. The Labute approximate surface area is 101 Å². The molecule has 0 unspecified atom stereocenters. The number of thioether (sulfide) groups is 1. The minimum atomic E-state index is 0.526. The molecule has 90 valence electrons. The van der Waals surface area contributed by atoms with Crippen LogP contribution in [0.25, 0.3) is 0 Å². The normalized spacial score (nSPS) is 11.0. The number of hydrogen-bond donors (Lipinski definition) is 1. The third-order valence-corrected chi connectivity index (χ3v) is 2.58. The van der Waals surface area contributed by atoms with Gasteiger partial charge in [-0.1, -0.05) is 25.6 Å². The van der Waals surface area contributed by atoms with Crippen LogP contribution in [0.3, 0.4) is 0 Å². The highest BCUT2D eigenvalue weighted by Gasteiger charge is 2.01. The first kappa shape index (κ1) is 13.3. The molecular weight excluding hydrogens is 222 g/mol. The Morgan fingerprint density at radius 2 is 2.19 bits per heavy atom. The zero-order valence-electron chi connectivity index (χ0n) is 10.1. The molecule has 0 aliphatic carbocycles. The smallest absolute Gasteiger partial charge is 0.189 e. The minimum Gasteiger partial charge on any atom is -0.384 e. The van der Waals surface area contributed by atoms with E-state index in [0.717, 1.165) is 29.8 Å². The van der Waals surface area contributed by atoms with Crippen LogP contribution in [-0.4, -0.2) is 28.9 Å². The maximum atomic E-state index is 5.63. The fourth-order valence-electron chi connectivity index (χ4n) is 1.14. The molecular formula is C11H19N3OS. The molecule has 0 amide bonds. The summed E-state index contributed by atoms with van der Waals surface area (Å²) >= 11 is 1.57. The highest BCUT2D eigenvalue weighted by molar-refractivity contribution is 7.99. The molecule has 1 aromatic rings. The Morgan fingerprint density at radius 3 is 2.81 bits per heavy atom. The van der Waals surface area contributed by atoms with Gasteiger partial charge in [0.1, 0.15) is 5.82 Å². The summed E-state index contributed by atoms with van der Waals surface area (Å²) in [5.74, 6) is 1.96. The Bertz CT molecular complexity index is 311. The molecule has 0 spiro atoms. The predicted molar refractivity (Wildman–Crippen MR) is 67.6 cm³/mol. The Kier molecular flexibility index (Phi) is 5.55. The fraction of sp³-hybridized carbons (Fsp3) is 0.636. The lowest BCUT2D eigenvalue weighted by Gasteiger charge is -2.06. The molecule has 0 fully saturated rings. The number of aromatic nitrogens is 2. The van der Waals surface area contributed by atoms with Crippen molar-refractivity contribution in [1.29, 1.82) is 0 Å². The second-order valence-electron chi connectivity index (χ2n) is 4.03. The molecule has 16 heavy (non-hydrogen) atoms. The van der Waals surface area contributed by atoms with Crippen LogP contribution in [0.15, 0.2) is 11.2 Å². The van der Waals surface area contributed by atoms with E-state index in [1.807, 2.05) is 6.92 Å². The van der Waals surface area contributed by atoms with E-state index in [4.69, 9.17) is 10.5 Å². The van der Waals surface area contributed by atoms with Gasteiger partial charge in [0.2, 0.25) is 0 Å². The van der Waals surface area contributed by atoms with Gasteiger partial charge in [-0.3, -0.25) is 0 Å². The van der Waals surface area contributed by atoms with E-state index in [-0.39, 0.29) is 0 Å². The topological polar surface area (TPSA) is 61.0 Å². The first-order chi connectivity index (χ1) is 7.58. The molecule has 4 nitrogen and oxygen atoms in total. The van der Waals surface area contributed by atoms with Crippen LogP contribution in [0.4, 0.5) is 5.82 Å². The van der Waals surface area contributed by atoms with E-state index in [1.165, 1.54) is 0 Å². The number of aryl methyl sites for hydroxylation is 1. The first-order valence-corrected chi connectivity index (χ1v) is 6.38. The van der Waals surface area contributed by atoms with E-state index in [0.29, 0.717) is 11.7 Å². The summed E-state index contributed by atoms with van der Waals surface area (Å²) in [4.78, 5) is 8.42. The van der Waals surface area contributed by atoms with Crippen molar-refractivity contribution in [2.75, 3.05) is 24.7 Å². The van der Waals surface area contributed by atoms with Crippen LogP contribution in [0.2, 0.25) is 0 Å². The van der Waals surface area contributed by atoms with E-state index in [1.54, 1.807) is 17.8 Å². The highest BCUT2D eigenvalue weighted by atomic mass is 32.2. The highest BCUT2D eigenvalue weighted by Crippen LogP contribution is 2.14. The Hall–Kier alpha value is -0.810. The number of hydrogen-bond acceptors (Lipinski definition) is 5. The summed E-state index contributed by atoms with van der Waals surface area (Å²) in [6.07, 6.45) is 0. The first-order valence-electron chi connectivity index (χ1n) is 5.39. The Morgan fingerprint density at radius 1 is 1.44 bits per heavy atom. The second kappa shape index (κ2) is 6.70. The summed E-state index contributed by atoms with van der Waals surface area (Å²) < 4.78 is 5.47. The SMILES string of the molecule is Cc1cc(N)nc(SCCOCC(C)C)n1. The molecule has 2 N–H and O–H groups in total. The van der Waals surface area contributed by atoms with Crippen molar-refractivity contribution in [2.45, 2.75) is 25.9 Å². The van der Waals surface area contributed by atoms with Crippen LogP contribution in [0, 0.1) is 12.8 Å². The molecule has 5 heteroatoms. The van der Waals surface area contributed by atoms with Crippen molar-refractivity contribution in [2.24, 2.45) is 5.92 Å². The van der Waals surface area contributed by atoms with Crippen molar-refractivity contribution in [3.05, 3.63) is 11.8 Å². The maximum absolute atomic E-state index is 5.63. The number of ether oxygens (including phenoxy) is 1. The second-order valence-corrected chi connectivity index (χ2v) is 5.10. The third-order valence-electron chi connectivity index (χ3n) is 1.76. The van der Waals surface area contributed by atoms with Gasteiger partial charge in [0.15, 0.2) is 5.16 Å². The molecule has 0 saturated heterocycles. The summed E-state index contributed by atoms with van der Waals surface area (Å²) in [5, 5.41) is 0.727. The van der Waals surface area contributed by atoms with E-state index < -0.39 is 0 Å². The quantitative estimate of drug-likeness (QED) is 0.469. The summed E-state index contributed by atoms with van der Waals surface area (Å²) in [5.41, 5.74) is 6.53. The molecule has 0 aliphatic heterocycles. The average Bonchev–Trinajstić information content (AvgIpc) is 2.15. The fourth-order valence-corrected chi connectivity index (χ4v) is 1.90. The van der Waals surface area contributed by atoms with E-state index in [9.17, 15) is 0 Å². The lowest BCUT2D eigenvalue weighted by Crippen LogP contribution is -2.05. The van der Waals surface area contributed by atoms with Gasteiger partial charge < -0.3 is 10.5 Å². The van der Waals surface area contributed by atoms with Crippen molar-refractivity contribution in [1.82, 2.24) is 9.97 Å². The van der Waals surface area contributed by atoms with Gasteiger partial charge in [-0.15, -0.1) is 0 Å². The van der Waals surface area contributed by atoms with Crippen molar-refractivity contribution < 1.29 is 4.74 Å². The summed E-state index contributed by atoms with van der Waals surface area (Å²) in [7, 11) is 0. The van der Waals surface area contributed by atoms with E-state index in [2.05, 4.69) is 23.8 Å². The number of rotatable bonds is 6. The van der Waals surface area contributed by atoms with Gasteiger partial charge in [-0.2, -0.15) is 0 Å². The number of nitrogen functional groups attached to an aromatic ring is 1. The molecule has 1 aromatic heterocycles. The van der Waals surface area contributed by atoms with Crippen molar-refractivity contribution in [3.8, 4) is 0 Å². The minimum absolute atomic E-state index is 0.526. The molecule has 0 radical (unpaired) electrons. The lowest BCUT2D eigenvalue weighted by atomic mass is 10.2. The molecule has 0 aliphatic rings. The Balaban J connectivity index is 2.26. The summed E-state index contributed by atoms with van der Waals surface area (Å²) in [6.45, 7) is 7.71. The van der Waals surface area contributed by atoms with Gasteiger partial charge in [0, 0.05) is 24.1 Å². The number of nitrogens with zero attached hydrogens (tertiary/aromatic N) is 2. The van der Waals surface area contributed by atoms with E-state index >= 15 is 0 Å². The molecule has 0 saturated carbocycles. The van der Waals surface area contributed by atoms with Crippen molar-refractivity contribution >= 4 is 17.6 Å². The van der Waals surface area contributed by atoms with Gasteiger partial charge in [0.25, 0.3) is 0 Å². The third kappa shape index (κ3) is 5.32. The van der Waals surface area contributed by atoms with Crippen LogP contribution < -0.4 is 5.73 Å². The largest absolute Gasteiger partial charge is 0.384 e. The molecule has 0 atom stereocenters. The zero-order chi connectivity index (χ0) is 12.0. The molecule has 1 heterocycles.